The SMILES string of the molecule is O=C(O)c1c(C(=O)O)c2c(C(=O)O)ccc3c4cccc5cccc(c(c1C(=O)O)c23)c54.O=C(O)c1c(C(=O)O)c2c(C(=O)O)ccc3c4cccc5cccc(c(c1C(=O)O)c23)c54.O=C(O)c1c(C(=O)O)c2c(C(=O)O)ccc3c4cccc5cccc(c(c1C(=O)O)c23)c54.[Sc].[Sc].[Sc].[Sc]. The first-order valence-corrected chi connectivity index (χ1v) is 28.1. The molecule has 480 valence electrons. The maximum Gasteiger partial charge on any atom is 0.337 e. The van der Waals surface area contributed by atoms with Crippen LogP contribution < -0.4 is 0 Å². The average Bonchev–Trinajstić information content (AvgIpc) is 0.709. The van der Waals surface area contributed by atoms with Crippen molar-refractivity contribution >= 4 is 201 Å². The van der Waals surface area contributed by atoms with Crippen molar-refractivity contribution in [2.45, 2.75) is 0 Å². The zero-order chi connectivity index (χ0) is 68.7. The van der Waals surface area contributed by atoms with Crippen molar-refractivity contribution in [1.82, 2.24) is 0 Å². The van der Waals surface area contributed by atoms with Crippen LogP contribution in [0.1, 0.15) is 124 Å². The molecular weight excluding hydrogens is 1430 g/mol. The third-order valence-electron chi connectivity index (χ3n) is 17.4. The molecule has 12 N–H and O–H groups in total. The Morgan fingerprint density at radius 2 is 0.330 bits per heavy atom. The smallest absolute Gasteiger partial charge is 0.337 e. The van der Waals surface area contributed by atoms with Crippen molar-refractivity contribution in [2.24, 2.45) is 0 Å². The number of carboxylic acid groups (broad SMARTS) is 12. The first kappa shape index (κ1) is 73.6. The van der Waals surface area contributed by atoms with Crippen LogP contribution in [-0.2, 0) is 103 Å². The summed E-state index contributed by atoms with van der Waals surface area (Å²) in [6.45, 7) is 0. The Bertz CT molecular complexity index is 5650. The molecule has 0 aromatic heterocycles. The van der Waals surface area contributed by atoms with Crippen LogP contribution in [0.4, 0.5) is 0 Å². The van der Waals surface area contributed by atoms with Crippen molar-refractivity contribution in [2.75, 3.05) is 0 Å². The van der Waals surface area contributed by atoms with Gasteiger partial charge in [0.05, 0.1) is 66.8 Å². The molecular formula is C72H36O24Sc4. The summed E-state index contributed by atoms with van der Waals surface area (Å²) in [5.41, 5.74) is -8.78. The topological polar surface area (TPSA) is 448 Å². The summed E-state index contributed by atoms with van der Waals surface area (Å²) >= 11 is 0. The van der Waals surface area contributed by atoms with Gasteiger partial charge < -0.3 is 61.3 Å². The molecule has 0 aliphatic carbocycles. The van der Waals surface area contributed by atoms with Crippen LogP contribution in [0.5, 0.6) is 0 Å². The Balaban J connectivity index is 0.000000172. The van der Waals surface area contributed by atoms with Gasteiger partial charge in [-0.05, 0) is 99.0 Å². The van der Waals surface area contributed by atoms with E-state index in [1.54, 1.807) is 72.8 Å². The second-order valence-electron chi connectivity index (χ2n) is 22.0. The molecule has 15 aromatic rings. The molecule has 0 atom stereocenters. The van der Waals surface area contributed by atoms with Gasteiger partial charge in [0.1, 0.15) is 0 Å². The van der Waals surface area contributed by atoms with Crippen LogP contribution in [0.3, 0.4) is 0 Å². The number of aromatic carboxylic acids is 12. The van der Waals surface area contributed by atoms with Crippen LogP contribution in [0.15, 0.2) is 146 Å². The summed E-state index contributed by atoms with van der Waals surface area (Å²) in [6.07, 6.45) is 0. The van der Waals surface area contributed by atoms with Gasteiger partial charge in [0.15, 0.2) is 0 Å². The molecule has 0 saturated carbocycles. The number of rotatable bonds is 12. The fraction of sp³-hybridized carbons (Fsp3) is 0. The van der Waals surface area contributed by atoms with Gasteiger partial charge in [-0.25, -0.2) is 57.5 Å². The molecule has 0 spiro atoms. The quantitative estimate of drug-likeness (QED) is 0.0399. The van der Waals surface area contributed by atoms with Gasteiger partial charge in [-0.3, -0.25) is 0 Å². The number of carbonyl (C=O) groups is 12. The second-order valence-corrected chi connectivity index (χ2v) is 22.0. The predicted octanol–water partition coefficient (Wildman–Crippen LogP) is 13.6. The van der Waals surface area contributed by atoms with E-state index >= 15 is 0 Å². The molecule has 0 fully saturated rings. The number of carboxylic acids is 12. The molecule has 0 amide bonds. The van der Waals surface area contributed by atoms with Gasteiger partial charge in [0.2, 0.25) is 0 Å². The molecule has 0 saturated heterocycles. The van der Waals surface area contributed by atoms with E-state index < -0.39 is 138 Å². The molecule has 0 unspecified atom stereocenters. The molecule has 24 nitrogen and oxygen atoms in total. The molecule has 0 aliphatic rings. The molecule has 100 heavy (non-hydrogen) atoms. The molecule has 0 heterocycles. The minimum absolute atomic E-state index is 0. The fourth-order valence-corrected chi connectivity index (χ4v) is 14.1. The first-order chi connectivity index (χ1) is 45.7. The third kappa shape index (κ3) is 10.9. The van der Waals surface area contributed by atoms with Crippen LogP contribution >= 0.6 is 0 Å². The minimum Gasteiger partial charge on any atom is -0.478 e. The fourth-order valence-electron chi connectivity index (χ4n) is 14.1. The molecule has 15 aromatic carbocycles. The van der Waals surface area contributed by atoms with Gasteiger partial charge in [0, 0.05) is 152 Å². The van der Waals surface area contributed by atoms with Gasteiger partial charge in [-0.15, -0.1) is 0 Å². The normalized spacial score (nSPS) is 11.0. The predicted molar refractivity (Wildman–Crippen MR) is 346 cm³/mol. The van der Waals surface area contributed by atoms with Crippen molar-refractivity contribution < 1.29 is 222 Å². The Kier molecular flexibility index (Phi) is 20.0. The molecule has 4 radical (unpaired) electrons. The largest absolute Gasteiger partial charge is 0.478 e. The maximum atomic E-state index is 12.3. The molecule has 0 bridgehead atoms. The Labute approximate surface area is 629 Å². The first-order valence-electron chi connectivity index (χ1n) is 28.1. The standard InChI is InChI=1S/3C24H12O8.4Sc/c3*25-21(26)13-8-7-11-10-5-1-3-9-4-2-6-12(14(9)10)16-15(11)17(13)19(23(29)30)20(24(31)32)18(16)22(27)28;;;;/h3*1-8H,(H,25,26)(H,27,28)(H,29,30)(H,31,32);;;;. The Morgan fingerprint density at radius 3 is 0.510 bits per heavy atom. The van der Waals surface area contributed by atoms with Crippen molar-refractivity contribution in [1.29, 1.82) is 0 Å². The van der Waals surface area contributed by atoms with Crippen LogP contribution in [0.2, 0.25) is 0 Å². The van der Waals surface area contributed by atoms with E-state index in [1.807, 2.05) is 36.4 Å². The van der Waals surface area contributed by atoms with Crippen LogP contribution in [0, 0.1) is 0 Å². The van der Waals surface area contributed by atoms with E-state index in [0.29, 0.717) is 64.6 Å². The second kappa shape index (κ2) is 27.2. The van der Waals surface area contributed by atoms with Crippen LogP contribution in [-0.4, -0.2) is 133 Å². The van der Waals surface area contributed by atoms with Crippen LogP contribution in [0.25, 0.3) is 129 Å². The summed E-state index contributed by atoms with van der Waals surface area (Å²) in [5.74, 6) is -19.7. The molecule has 0 aliphatic heterocycles. The van der Waals surface area contributed by atoms with E-state index in [9.17, 15) is 119 Å². The monoisotopic (exact) mass is 1460 g/mol. The van der Waals surface area contributed by atoms with Gasteiger partial charge >= 0.3 is 71.6 Å². The zero-order valence-corrected chi connectivity index (χ0v) is 57.6. The molecule has 15 rings (SSSR count). The van der Waals surface area contributed by atoms with E-state index in [2.05, 4.69) is 0 Å². The van der Waals surface area contributed by atoms with Gasteiger partial charge in [0.25, 0.3) is 0 Å². The van der Waals surface area contributed by atoms with Crippen molar-refractivity contribution in [3.8, 4) is 0 Å². The average molecular weight is 1460 g/mol. The van der Waals surface area contributed by atoms with E-state index in [0.717, 1.165) is 16.2 Å². The Hall–Kier alpha value is -10.7. The summed E-state index contributed by atoms with van der Waals surface area (Å²) in [7, 11) is 0. The molecule has 28 heteroatoms. The number of hydrogen-bond donors (Lipinski definition) is 12. The van der Waals surface area contributed by atoms with E-state index in [-0.39, 0.29) is 152 Å². The van der Waals surface area contributed by atoms with Crippen molar-refractivity contribution in [3.63, 3.8) is 0 Å². The summed E-state index contributed by atoms with van der Waals surface area (Å²) < 4.78 is 0. The maximum absolute atomic E-state index is 12.3. The number of hydrogen-bond acceptors (Lipinski definition) is 12. The summed E-state index contributed by atoms with van der Waals surface area (Å²) in [4.78, 5) is 146. The number of fused-ring (bicyclic) bond motifs is 6. The zero-order valence-electron chi connectivity index (χ0n) is 50.4. The van der Waals surface area contributed by atoms with E-state index in [4.69, 9.17) is 0 Å². The third-order valence-corrected chi connectivity index (χ3v) is 17.4. The van der Waals surface area contributed by atoms with Gasteiger partial charge in [-0.1, -0.05) is 127 Å². The summed E-state index contributed by atoms with van der Waals surface area (Å²) in [5, 5.41) is 127. The Morgan fingerprint density at radius 1 is 0.160 bits per heavy atom. The minimum atomic E-state index is -1.77. The van der Waals surface area contributed by atoms with Crippen molar-refractivity contribution in [3.05, 3.63) is 212 Å². The van der Waals surface area contributed by atoms with E-state index in [1.165, 1.54) is 36.4 Å². The van der Waals surface area contributed by atoms with Gasteiger partial charge in [-0.2, -0.15) is 0 Å². The summed E-state index contributed by atoms with van der Waals surface area (Å²) in [6, 6.07) is 39.6. The number of benzene rings is 15.